The molecule has 12 heteroatoms. The van der Waals surface area contributed by atoms with Crippen LogP contribution in [0.3, 0.4) is 0 Å². The summed E-state index contributed by atoms with van der Waals surface area (Å²) < 4.78 is 38.8. The molecule has 2 N–H and O–H groups in total. The van der Waals surface area contributed by atoms with Crippen LogP contribution in [0.2, 0.25) is 0 Å². The lowest BCUT2D eigenvalue weighted by molar-refractivity contribution is -0.384. The van der Waals surface area contributed by atoms with E-state index >= 15 is 0 Å². The number of halogens is 3. The van der Waals surface area contributed by atoms with Crippen molar-refractivity contribution in [1.29, 1.82) is 0 Å². The first-order valence-corrected chi connectivity index (χ1v) is 11.1. The molecule has 0 spiro atoms. The Morgan fingerprint density at radius 1 is 1.06 bits per heavy atom. The Balaban J connectivity index is 1.32. The minimum atomic E-state index is -4.68. The van der Waals surface area contributed by atoms with Crippen LogP contribution in [0.1, 0.15) is 24.0 Å². The largest absolute Gasteiger partial charge is 0.416 e. The van der Waals surface area contributed by atoms with Crippen LogP contribution in [0.25, 0.3) is 0 Å². The lowest BCUT2D eigenvalue weighted by Crippen LogP contribution is -2.51. The number of nitro groups is 1. The van der Waals surface area contributed by atoms with Gasteiger partial charge >= 0.3 is 12.2 Å². The Labute approximate surface area is 199 Å². The van der Waals surface area contributed by atoms with Gasteiger partial charge in [-0.3, -0.25) is 14.9 Å². The Bertz CT molecular complexity index is 1130. The molecule has 35 heavy (non-hydrogen) atoms. The highest BCUT2D eigenvalue weighted by molar-refractivity contribution is 5.94. The van der Waals surface area contributed by atoms with Crippen LogP contribution in [0.4, 0.5) is 35.0 Å². The number of carbonyl (C=O) groups excluding carboxylic acids is 2. The second-order valence-electron chi connectivity index (χ2n) is 8.56. The summed E-state index contributed by atoms with van der Waals surface area (Å²) in [5.41, 5.74) is -0.131. The Kier molecular flexibility index (Phi) is 6.81. The summed E-state index contributed by atoms with van der Waals surface area (Å²) in [5.74, 6) is 0.0818. The van der Waals surface area contributed by atoms with E-state index in [1.807, 2.05) is 6.07 Å². The van der Waals surface area contributed by atoms with Gasteiger partial charge in [0.15, 0.2) is 0 Å². The van der Waals surface area contributed by atoms with Gasteiger partial charge in [-0.05, 0) is 42.7 Å². The number of hydrogen-bond acceptors (Lipinski definition) is 5. The van der Waals surface area contributed by atoms with Crippen molar-refractivity contribution in [2.24, 2.45) is 5.92 Å². The predicted octanol–water partition coefficient (Wildman–Crippen LogP) is 3.99. The van der Waals surface area contributed by atoms with Crippen LogP contribution in [-0.2, 0) is 17.5 Å². The van der Waals surface area contributed by atoms with Crippen molar-refractivity contribution in [2.45, 2.75) is 25.6 Å². The molecule has 0 bridgehead atoms. The average molecular weight is 491 g/mol. The number of alkyl halides is 3. The SMILES string of the molecule is O=C(Nc1cccc(CNC(=O)N2CCN(c3ccc(C(F)(F)F)cc3[N+](=O)[O-])CC2)c1)C1CC1. The fourth-order valence-corrected chi connectivity index (χ4v) is 3.90. The van der Waals surface area contributed by atoms with Crippen molar-refractivity contribution in [3.8, 4) is 0 Å². The number of nitro benzene ring substituents is 1. The molecule has 3 amide bonds. The van der Waals surface area contributed by atoms with Gasteiger partial charge in [0.1, 0.15) is 5.69 Å². The molecule has 1 saturated heterocycles. The van der Waals surface area contributed by atoms with E-state index in [0.29, 0.717) is 11.8 Å². The smallest absolute Gasteiger partial charge is 0.362 e. The summed E-state index contributed by atoms with van der Waals surface area (Å²) in [6, 6.07) is 9.34. The van der Waals surface area contributed by atoms with E-state index in [0.717, 1.165) is 30.5 Å². The van der Waals surface area contributed by atoms with Crippen LogP contribution in [0.5, 0.6) is 0 Å². The monoisotopic (exact) mass is 491 g/mol. The molecule has 2 aromatic rings. The van der Waals surface area contributed by atoms with Crippen molar-refractivity contribution in [3.05, 3.63) is 63.7 Å². The topological polar surface area (TPSA) is 108 Å². The molecule has 2 aliphatic rings. The van der Waals surface area contributed by atoms with Gasteiger partial charge in [0.2, 0.25) is 5.91 Å². The number of benzene rings is 2. The average Bonchev–Trinajstić information content (AvgIpc) is 3.68. The highest BCUT2D eigenvalue weighted by atomic mass is 19.4. The van der Waals surface area contributed by atoms with Crippen molar-refractivity contribution < 1.29 is 27.7 Å². The van der Waals surface area contributed by atoms with Gasteiger partial charge in [0, 0.05) is 50.4 Å². The molecule has 0 unspecified atom stereocenters. The Morgan fingerprint density at radius 3 is 2.40 bits per heavy atom. The van der Waals surface area contributed by atoms with Crippen molar-refractivity contribution >= 4 is 29.0 Å². The number of carbonyl (C=O) groups is 2. The number of piperazine rings is 1. The maximum Gasteiger partial charge on any atom is 0.416 e. The summed E-state index contributed by atoms with van der Waals surface area (Å²) in [6.45, 7) is 1.23. The predicted molar refractivity (Wildman–Crippen MR) is 122 cm³/mol. The van der Waals surface area contributed by atoms with Gasteiger partial charge in [0.05, 0.1) is 10.5 Å². The molecule has 9 nitrogen and oxygen atoms in total. The van der Waals surface area contributed by atoms with E-state index in [1.165, 1.54) is 0 Å². The number of anilines is 2. The van der Waals surface area contributed by atoms with Gasteiger partial charge in [-0.1, -0.05) is 12.1 Å². The number of nitrogens with zero attached hydrogens (tertiary/aromatic N) is 3. The highest BCUT2D eigenvalue weighted by Crippen LogP contribution is 2.36. The molecule has 0 aromatic heterocycles. The van der Waals surface area contributed by atoms with Gasteiger partial charge in [-0.25, -0.2) is 4.79 Å². The molecule has 2 aromatic carbocycles. The van der Waals surface area contributed by atoms with E-state index in [9.17, 15) is 32.9 Å². The zero-order valence-corrected chi connectivity index (χ0v) is 18.7. The lowest BCUT2D eigenvalue weighted by Gasteiger charge is -2.35. The first-order valence-electron chi connectivity index (χ1n) is 11.1. The van der Waals surface area contributed by atoms with Gasteiger partial charge in [0.25, 0.3) is 5.69 Å². The quantitative estimate of drug-likeness (QED) is 0.469. The third kappa shape index (κ3) is 6.00. The number of nitrogens with one attached hydrogen (secondary N) is 2. The lowest BCUT2D eigenvalue weighted by atomic mass is 10.1. The summed E-state index contributed by atoms with van der Waals surface area (Å²) in [4.78, 5) is 38.2. The van der Waals surface area contributed by atoms with Crippen molar-refractivity contribution in [3.63, 3.8) is 0 Å². The minimum absolute atomic E-state index is 0.00246. The van der Waals surface area contributed by atoms with E-state index < -0.39 is 22.4 Å². The number of amides is 3. The maximum absolute atomic E-state index is 12.9. The second-order valence-corrected chi connectivity index (χ2v) is 8.56. The summed E-state index contributed by atoms with van der Waals surface area (Å²) in [5, 5.41) is 17.0. The van der Waals surface area contributed by atoms with Gasteiger partial charge in [-0.15, -0.1) is 0 Å². The van der Waals surface area contributed by atoms with Crippen LogP contribution in [0, 0.1) is 16.0 Å². The number of hydrogen-bond donors (Lipinski definition) is 2. The minimum Gasteiger partial charge on any atom is -0.362 e. The van der Waals surface area contributed by atoms with Crippen molar-refractivity contribution in [2.75, 3.05) is 36.4 Å². The fourth-order valence-electron chi connectivity index (χ4n) is 3.90. The van der Waals surface area contributed by atoms with Gasteiger partial charge < -0.3 is 20.4 Å². The van der Waals surface area contributed by atoms with Crippen LogP contribution in [0.15, 0.2) is 42.5 Å². The summed E-state index contributed by atoms with van der Waals surface area (Å²) >= 11 is 0. The summed E-state index contributed by atoms with van der Waals surface area (Å²) in [7, 11) is 0. The van der Waals surface area contributed by atoms with E-state index in [-0.39, 0.29) is 56.3 Å². The zero-order valence-electron chi connectivity index (χ0n) is 18.7. The number of urea groups is 1. The molecule has 1 saturated carbocycles. The molecular formula is C23H24F3N5O4. The first kappa shape index (κ1) is 24.3. The Hall–Kier alpha value is -3.83. The molecule has 0 radical (unpaired) electrons. The normalized spacial score (nSPS) is 16.1. The third-order valence-corrected chi connectivity index (χ3v) is 5.99. The molecule has 2 fully saturated rings. The summed E-state index contributed by atoms with van der Waals surface area (Å²) in [6.07, 6.45) is -2.87. The second kappa shape index (κ2) is 9.80. The maximum atomic E-state index is 12.9. The van der Waals surface area contributed by atoms with Gasteiger partial charge in [-0.2, -0.15) is 13.2 Å². The van der Waals surface area contributed by atoms with E-state index in [1.54, 1.807) is 28.0 Å². The van der Waals surface area contributed by atoms with Crippen LogP contribution < -0.4 is 15.5 Å². The zero-order chi connectivity index (χ0) is 25.2. The van der Waals surface area contributed by atoms with E-state index in [2.05, 4.69) is 10.6 Å². The number of rotatable bonds is 6. The Morgan fingerprint density at radius 2 is 1.77 bits per heavy atom. The molecule has 1 heterocycles. The fraction of sp³-hybridized carbons (Fsp3) is 0.391. The molecular weight excluding hydrogens is 467 g/mol. The van der Waals surface area contributed by atoms with Crippen LogP contribution in [-0.4, -0.2) is 47.9 Å². The molecule has 186 valence electrons. The van der Waals surface area contributed by atoms with E-state index in [4.69, 9.17) is 0 Å². The molecule has 0 atom stereocenters. The van der Waals surface area contributed by atoms with Crippen molar-refractivity contribution in [1.82, 2.24) is 10.2 Å². The standard InChI is InChI=1S/C23H24F3N5O4/c24-23(25,26)17-6-7-19(20(13-17)31(34)35)29-8-10-30(11-9-29)22(33)27-14-15-2-1-3-18(12-15)28-21(32)16-4-5-16/h1-3,6-7,12-13,16H,4-5,8-11,14H2,(H,27,33)(H,28,32). The first-order chi connectivity index (χ1) is 16.6. The van der Waals surface area contributed by atoms with Crippen LogP contribution >= 0.6 is 0 Å². The molecule has 1 aliphatic heterocycles. The highest BCUT2D eigenvalue weighted by Gasteiger charge is 2.34. The molecule has 4 rings (SSSR count). The molecule has 1 aliphatic carbocycles. The third-order valence-electron chi connectivity index (χ3n) is 5.99.